The molecular weight excluding hydrogens is 296 g/mol. The standard InChI is InChI=1S/C12H16N4O2S2/c1-8-15-9(7-19-8)6-16(2)10-4-3-5-11(12(10)13)20(14,17)18/h3-5,7H,6,13H2,1-2H3,(H2,14,17,18). The molecule has 0 aliphatic carbocycles. The van der Waals surface area contributed by atoms with Gasteiger partial charge in [0, 0.05) is 12.4 Å². The van der Waals surface area contributed by atoms with Crippen LogP contribution < -0.4 is 15.8 Å². The third-order valence-electron chi connectivity index (χ3n) is 2.83. The topological polar surface area (TPSA) is 102 Å². The molecular formula is C12H16N4O2S2. The third-order valence-corrected chi connectivity index (χ3v) is 4.62. The highest BCUT2D eigenvalue weighted by Crippen LogP contribution is 2.29. The molecule has 0 aliphatic rings. The van der Waals surface area contributed by atoms with Crippen LogP contribution in [0.15, 0.2) is 28.5 Å². The molecule has 0 saturated heterocycles. The Kier molecular flexibility index (Phi) is 3.98. The van der Waals surface area contributed by atoms with E-state index in [0.717, 1.165) is 10.7 Å². The summed E-state index contributed by atoms with van der Waals surface area (Å²) in [6.07, 6.45) is 0. The van der Waals surface area contributed by atoms with E-state index in [1.54, 1.807) is 23.5 Å². The number of nitrogens with two attached hydrogens (primary N) is 2. The summed E-state index contributed by atoms with van der Waals surface area (Å²) in [5.74, 6) is 0. The molecule has 0 atom stereocenters. The van der Waals surface area contributed by atoms with Gasteiger partial charge in [0.2, 0.25) is 10.0 Å². The first-order chi connectivity index (χ1) is 9.29. The van der Waals surface area contributed by atoms with Gasteiger partial charge in [0.1, 0.15) is 4.90 Å². The smallest absolute Gasteiger partial charge is 0.240 e. The summed E-state index contributed by atoms with van der Waals surface area (Å²) < 4.78 is 22.9. The Labute approximate surface area is 122 Å². The fourth-order valence-electron chi connectivity index (χ4n) is 1.92. The van der Waals surface area contributed by atoms with Gasteiger partial charge < -0.3 is 10.6 Å². The minimum absolute atomic E-state index is 0.0590. The number of primary sulfonamides is 1. The average molecular weight is 312 g/mol. The number of hydrogen-bond acceptors (Lipinski definition) is 6. The predicted molar refractivity (Wildman–Crippen MR) is 81.2 cm³/mol. The van der Waals surface area contributed by atoms with E-state index in [1.165, 1.54) is 6.07 Å². The number of aromatic nitrogens is 1. The van der Waals surface area contributed by atoms with Crippen LogP contribution in [-0.2, 0) is 16.6 Å². The van der Waals surface area contributed by atoms with Crippen LogP contribution in [0.2, 0.25) is 0 Å². The third kappa shape index (κ3) is 3.09. The highest BCUT2D eigenvalue weighted by Gasteiger charge is 2.17. The lowest BCUT2D eigenvalue weighted by Gasteiger charge is -2.21. The van der Waals surface area contributed by atoms with Crippen LogP contribution in [0.3, 0.4) is 0 Å². The Bertz CT molecular complexity index is 725. The largest absolute Gasteiger partial charge is 0.396 e. The Balaban J connectivity index is 2.33. The zero-order chi connectivity index (χ0) is 14.9. The van der Waals surface area contributed by atoms with Gasteiger partial charge in [-0.3, -0.25) is 0 Å². The van der Waals surface area contributed by atoms with Crippen molar-refractivity contribution in [2.45, 2.75) is 18.4 Å². The number of benzene rings is 1. The maximum Gasteiger partial charge on any atom is 0.240 e. The lowest BCUT2D eigenvalue weighted by Crippen LogP contribution is -2.20. The summed E-state index contributed by atoms with van der Waals surface area (Å²) in [5.41, 5.74) is 7.59. The molecule has 20 heavy (non-hydrogen) atoms. The lowest BCUT2D eigenvalue weighted by atomic mass is 10.2. The van der Waals surface area contributed by atoms with Crippen LogP contribution in [-0.4, -0.2) is 20.4 Å². The van der Waals surface area contributed by atoms with Crippen LogP contribution in [0.5, 0.6) is 0 Å². The number of sulfonamides is 1. The van der Waals surface area contributed by atoms with E-state index < -0.39 is 10.0 Å². The maximum absolute atomic E-state index is 11.5. The molecule has 0 fully saturated rings. The number of nitrogen functional groups attached to an aromatic ring is 1. The molecule has 1 heterocycles. The van der Waals surface area contributed by atoms with E-state index in [2.05, 4.69) is 4.98 Å². The van der Waals surface area contributed by atoms with Gasteiger partial charge in [-0.1, -0.05) is 6.07 Å². The number of para-hydroxylation sites is 1. The van der Waals surface area contributed by atoms with Crippen LogP contribution >= 0.6 is 11.3 Å². The Morgan fingerprint density at radius 3 is 2.65 bits per heavy atom. The zero-order valence-corrected chi connectivity index (χ0v) is 12.8. The maximum atomic E-state index is 11.5. The van der Waals surface area contributed by atoms with E-state index in [0.29, 0.717) is 12.2 Å². The highest BCUT2D eigenvalue weighted by atomic mass is 32.2. The zero-order valence-electron chi connectivity index (χ0n) is 11.2. The SMILES string of the molecule is Cc1nc(CN(C)c2cccc(S(N)(=O)=O)c2N)cs1. The molecule has 0 aliphatic heterocycles. The molecule has 0 saturated carbocycles. The quantitative estimate of drug-likeness (QED) is 0.829. The van der Waals surface area contributed by atoms with Crippen molar-refractivity contribution in [3.8, 4) is 0 Å². The average Bonchev–Trinajstić information content (AvgIpc) is 2.73. The molecule has 2 aromatic rings. The molecule has 0 spiro atoms. The van der Waals surface area contributed by atoms with Gasteiger partial charge in [-0.15, -0.1) is 11.3 Å². The van der Waals surface area contributed by atoms with Gasteiger partial charge in [0.15, 0.2) is 0 Å². The first-order valence-electron chi connectivity index (χ1n) is 5.82. The van der Waals surface area contributed by atoms with Gasteiger partial charge in [-0.2, -0.15) is 0 Å². The van der Waals surface area contributed by atoms with Crippen LogP contribution in [0.1, 0.15) is 10.7 Å². The van der Waals surface area contributed by atoms with Crippen molar-refractivity contribution in [2.75, 3.05) is 17.7 Å². The molecule has 1 aromatic carbocycles. The highest BCUT2D eigenvalue weighted by molar-refractivity contribution is 7.89. The van der Waals surface area contributed by atoms with Crippen molar-refractivity contribution in [1.29, 1.82) is 0 Å². The van der Waals surface area contributed by atoms with Crippen molar-refractivity contribution in [3.05, 3.63) is 34.3 Å². The number of thiazole rings is 1. The second-order valence-electron chi connectivity index (χ2n) is 4.45. The number of aryl methyl sites for hydroxylation is 1. The summed E-state index contributed by atoms with van der Waals surface area (Å²) in [6.45, 7) is 2.48. The second kappa shape index (κ2) is 5.39. The van der Waals surface area contributed by atoms with E-state index in [4.69, 9.17) is 10.9 Å². The molecule has 108 valence electrons. The predicted octanol–water partition coefficient (Wildman–Crippen LogP) is 1.32. The summed E-state index contributed by atoms with van der Waals surface area (Å²) in [7, 11) is -2.00. The Morgan fingerprint density at radius 2 is 2.10 bits per heavy atom. The molecule has 0 unspecified atom stereocenters. The number of rotatable bonds is 4. The van der Waals surface area contributed by atoms with Gasteiger partial charge in [0.25, 0.3) is 0 Å². The number of nitrogens with zero attached hydrogens (tertiary/aromatic N) is 2. The monoisotopic (exact) mass is 312 g/mol. The summed E-state index contributed by atoms with van der Waals surface area (Å²) in [4.78, 5) is 6.16. The Morgan fingerprint density at radius 1 is 1.40 bits per heavy atom. The molecule has 4 N–H and O–H groups in total. The second-order valence-corrected chi connectivity index (χ2v) is 7.04. The number of hydrogen-bond donors (Lipinski definition) is 2. The number of anilines is 2. The molecule has 0 radical (unpaired) electrons. The fourth-order valence-corrected chi connectivity index (χ4v) is 3.21. The van der Waals surface area contributed by atoms with E-state index in [1.807, 2.05) is 24.3 Å². The van der Waals surface area contributed by atoms with Crippen LogP contribution in [0.4, 0.5) is 11.4 Å². The minimum atomic E-state index is -3.82. The van der Waals surface area contributed by atoms with Crippen molar-refractivity contribution >= 4 is 32.7 Å². The van der Waals surface area contributed by atoms with Crippen LogP contribution in [0, 0.1) is 6.92 Å². The summed E-state index contributed by atoms with van der Waals surface area (Å²) >= 11 is 1.57. The normalized spacial score (nSPS) is 11.6. The molecule has 0 amide bonds. The van der Waals surface area contributed by atoms with Gasteiger partial charge >= 0.3 is 0 Å². The van der Waals surface area contributed by atoms with Crippen molar-refractivity contribution in [3.63, 3.8) is 0 Å². The van der Waals surface area contributed by atoms with Crippen molar-refractivity contribution in [2.24, 2.45) is 5.14 Å². The van der Waals surface area contributed by atoms with E-state index in [-0.39, 0.29) is 10.6 Å². The minimum Gasteiger partial charge on any atom is -0.396 e. The first kappa shape index (κ1) is 14.8. The van der Waals surface area contributed by atoms with Crippen molar-refractivity contribution in [1.82, 2.24) is 4.98 Å². The molecule has 6 nitrogen and oxygen atoms in total. The van der Waals surface area contributed by atoms with E-state index in [9.17, 15) is 8.42 Å². The fraction of sp³-hybridized carbons (Fsp3) is 0.250. The van der Waals surface area contributed by atoms with E-state index >= 15 is 0 Å². The van der Waals surface area contributed by atoms with Crippen LogP contribution in [0.25, 0.3) is 0 Å². The molecule has 0 bridgehead atoms. The molecule has 2 rings (SSSR count). The summed E-state index contributed by atoms with van der Waals surface area (Å²) in [5, 5.41) is 8.10. The lowest BCUT2D eigenvalue weighted by molar-refractivity contribution is 0.598. The first-order valence-corrected chi connectivity index (χ1v) is 8.25. The molecule has 1 aromatic heterocycles. The Hall–Kier alpha value is -1.64. The van der Waals surface area contributed by atoms with Gasteiger partial charge in [-0.05, 0) is 19.1 Å². The van der Waals surface area contributed by atoms with Crippen molar-refractivity contribution < 1.29 is 8.42 Å². The molecule has 8 heteroatoms. The van der Waals surface area contributed by atoms with Gasteiger partial charge in [-0.25, -0.2) is 18.5 Å². The van der Waals surface area contributed by atoms with Gasteiger partial charge in [0.05, 0.1) is 28.6 Å². The summed E-state index contributed by atoms with van der Waals surface area (Å²) in [6, 6.07) is 4.77.